The lowest BCUT2D eigenvalue weighted by atomic mass is 10.1. The average Bonchev–Trinajstić information content (AvgIpc) is 3.07. The normalized spacial score (nSPS) is 10.9. The number of nitrogens with one attached hydrogen (secondary N) is 1. The van der Waals surface area contributed by atoms with E-state index in [2.05, 4.69) is 10.3 Å². The molecule has 0 aliphatic heterocycles. The zero-order valence-corrected chi connectivity index (χ0v) is 16.0. The predicted molar refractivity (Wildman–Crippen MR) is 107 cm³/mol. The van der Waals surface area contributed by atoms with E-state index in [1.807, 2.05) is 74.7 Å². The number of amides is 1. The highest BCUT2D eigenvalue weighted by molar-refractivity contribution is 7.09. The third kappa shape index (κ3) is 4.77. The Kier molecular flexibility index (Phi) is 5.81. The SMILES string of the molecule is Cc1nc(-c2ccc(NC(=O)c3ccc(COC(C)C)cc3)cc2)cs1. The van der Waals surface area contributed by atoms with Gasteiger partial charge in [0.05, 0.1) is 23.4 Å². The highest BCUT2D eigenvalue weighted by Crippen LogP contribution is 2.23. The second kappa shape index (κ2) is 8.25. The molecule has 0 radical (unpaired) electrons. The molecule has 4 nitrogen and oxygen atoms in total. The van der Waals surface area contributed by atoms with E-state index in [1.165, 1.54) is 0 Å². The quantitative estimate of drug-likeness (QED) is 0.644. The van der Waals surface area contributed by atoms with Crippen molar-refractivity contribution in [3.8, 4) is 11.3 Å². The van der Waals surface area contributed by atoms with Crippen LogP contribution in [0, 0.1) is 6.92 Å². The van der Waals surface area contributed by atoms with E-state index in [0.717, 1.165) is 27.5 Å². The Hall–Kier alpha value is -2.50. The van der Waals surface area contributed by atoms with Gasteiger partial charge in [-0.25, -0.2) is 4.98 Å². The monoisotopic (exact) mass is 366 g/mol. The number of rotatable bonds is 6. The number of benzene rings is 2. The molecule has 0 saturated carbocycles. The van der Waals surface area contributed by atoms with Gasteiger partial charge in [0, 0.05) is 22.2 Å². The summed E-state index contributed by atoms with van der Waals surface area (Å²) in [4.78, 5) is 16.9. The van der Waals surface area contributed by atoms with E-state index in [9.17, 15) is 4.79 Å². The van der Waals surface area contributed by atoms with E-state index in [-0.39, 0.29) is 12.0 Å². The fourth-order valence-corrected chi connectivity index (χ4v) is 3.06. The minimum atomic E-state index is -0.126. The Morgan fingerprint density at radius 1 is 1.12 bits per heavy atom. The highest BCUT2D eigenvalue weighted by atomic mass is 32.1. The molecule has 0 unspecified atom stereocenters. The zero-order chi connectivity index (χ0) is 18.5. The van der Waals surface area contributed by atoms with Crippen LogP contribution >= 0.6 is 11.3 Å². The molecule has 0 atom stereocenters. The van der Waals surface area contributed by atoms with E-state index in [1.54, 1.807) is 11.3 Å². The second-order valence-electron chi connectivity index (χ2n) is 6.34. The summed E-state index contributed by atoms with van der Waals surface area (Å²) in [6.07, 6.45) is 0.189. The van der Waals surface area contributed by atoms with Gasteiger partial charge in [-0.2, -0.15) is 0 Å². The Balaban J connectivity index is 1.62. The van der Waals surface area contributed by atoms with E-state index in [0.29, 0.717) is 12.2 Å². The number of carbonyl (C=O) groups excluding carboxylic acids is 1. The smallest absolute Gasteiger partial charge is 0.255 e. The Morgan fingerprint density at radius 3 is 2.38 bits per heavy atom. The maximum Gasteiger partial charge on any atom is 0.255 e. The second-order valence-corrected chi connectivity index (χ2v) is 7.40. The van der Waals surface area contributed by atoms with Gasteiger partial charge in [0.2, 0.25) is 0 Å². The van der Waals surface area contributed by atoms with Gasteiger partial charge < -0.3 is 10.1 Å². The molecule has 0 aliphatic rings. The number of thiazole rings is 1. The number of ether oxygens (including phenoxy) is 1. The van der Waals surface area contributed by atoms with Crippen molar-refractivity contribution in [1.29, 1.82) is 0 Å². The molecular formula is C21H22N2O2S. The number of nitrogens with zero attached hydrogens (tertiary/aromatic N) is 1. The molecule has 2 aromatic carbocycles. The first-order chi connectivity index (χ1) is 12.5. The molecule has 3 aromatic rings. The first kappa shape index (κ1) is 18.3. The van der Waals surface area contributed by atoms with Crippen LogP contribution in [-0.2, 0) is 11.3 Å². The minimum Gasteiger partial charge on any atom is -0.374 e. The van der Waals surface area contributed by atoms with Crippen molar-refractivity contribution < 1.29 is 9.53 Å². The lowest BCUT2D eigenvalue weighted by molar-refractivity contribution is 0.0657. The van der Waals surface area contributed by atoms with Crippen LogP contribution in [0.4, 0.5) is 5.69 Å². The van der Waals surface area contributed by atoms with Crippen LogP contribution in [-0.4, -0.2) is 17.0 Å². The summed E-state index contributed by atoms with van der Waals surface area (Å²) >= 11 is 1.63. The van der Waals surface area contributed by atoms with Crippen molar-refractivity contribution in [2.24, 2.45) is 0 Å². The summed E-state index contributed by atoms with van der Waals surface area (Å²) in [5.74, 6) is -0.126. The Bertz CT molecular complexity index is 868. The molecule has 0 aliphatic carbocycles. The maximum absolute atomic E-state index is 12.4. The van der Waals surface area contributed by atoms with Gasteiger partial charge >= 0.3 is 0 Å². The van der Waals surface area contributed by atoms with Crippen molar-refractivity contribution in [2.45, 2.75) is 33.5 Å². The molecule has 1 N–H and O–H groups in total. The van der Waals surface area contributed by atoms with Gasteiger partial charge in [0.1, 0.15) is 0 Å². The number of aromatic nitrogens is 1. The van der Waals surface area contributed by atoms with Crippen LogP contribution in [0.25, 0.3) is 11.3 Å². The molecule has 0 bridgehead atoms. The number of carbonyl (C=O) groups is 1. The molecule has 0 spiro atoms. The topological polar surface area (TPSA) is 51.2 Å². The van der Waals surface area contributed by atoms with Crippen LogP contribution in [0.15, 0.2) is 53.9 Å². The van der Waals surface area contributed by atoms with E-state index < -0.39 is 0 Å². The molecule has 1 aromatic heterocycles. The minimum absolute atomic E-state index is 0.126. The van der Waals surface area contributed by atoms with Crippen molar-refractivity contribution in [1.82, 2.24) is 4.98 Å². The van der Waals surface area contributed by atoms with Crippen LogP contribution in [0.2, 0.25) is 0 Å². The van der Waals surface area contributed by atoms with Crippen LogP contribution in [0.3, 0.4) is 0 Å². The number of hydrogen-bond donors (Lipinski definition) is 1. The summed E-state index contributed by atoms with van der Waals surface area (Å²) in [7, 11) is 0. The fraction of sp³-hybridized carbons (Fsp3) is 0.238. The summed E-state index contributed by atoms with van der Waals surface area (Å²) in [6.45, 7) is 6.55. The maximum atomic E-state index is 12.4. The van der Waals surface area contributed by atoms with Gasteiger partial charge in [0.25, 0.3) is 5.91 Å². The zero-order valence-electron chi connectivity index (χ0n) is 15.2. The third-order valence-electron chi connectivity index (χ3n) is 3.86. The van der Waals surface area contributed by atoms with E-state index in [4.69, 9.17) is 4.74 Å². The average molecular weight is 366 g/mol. The van der Waals surface area contributed by atoms with Crippen molar-refractivity contribution in [3.05, 3.63) is 70.0 Å². The van der Waals surface area contributed by atoms with Gasteiger partial charge in [-0.3, -0.25) is 4.79 Å². The van der Waals surface area contributed by atoms with Crippen molar-refractivity contribution in [3.63, 3.8) is 0 Å². The summed E-state index contributed by atoms with van der Waals surface area (Å²) in [5.41, 5.74) is 4.44. The Morgan fingerprint density at radius 2 is 1.81 bits per heavy atom. The number of aryl methyl sites for hydroxylation is 1. The van der Waals surface area contributed by atoms with Crippen LogP contribution in [0.5, 0.6) is 0 Å². The van der Waals surface area contributed by atoms with Gasteiger partial charge in [-0.15, -0.1) is 11.3 Å². The first-order valence-corrected chi connectivity index (χ1v) is 9.43. The first-order valence-electron chi connectivity index (χ1n) is 8.56. The van der Waals surface area contributed by atoms with Crippen molar-refractivity contribution in [2.75, 3.05) is 5.32 Å². The van der Waals surface area contributed by atoms with Crippen LogP contribution in [0.1, 0.15) is 34.8 Å². The molecule has 1 heterocycles. The standard InChI is InChI=1S/C21H22N2O2S/c1-14(2)25-12-16-4-6-18(7-5-16)21(24)23-19-10-8-17(9-11-19)20-13-26-15(3)22-20/h4-11,13-14H,12H2,1-3H3,(H,23,24). The van der Waals surface area contributed by atoms with Crippen LogP contribution < -0.4 is 5.32 Å². The molecule has 0 saturated heterocycles. The molecular weight excluding hydrogens is 344 g/mol. The molecule has 3 rings (SSSR count). The molecule has 134 valence electrons. The molecule has 26 heavy (non-hydrogen) atoms. The summed E-state index contributed by atoms with van der Waals surface area (Å²) in [5, 5.41) is 6.00. The van der Waals surface area contributed by atoms with Gasteiger partial charge in [0.15, 0.2) is 0 Å². The number of anilines is 1. The summed E-state index contributed by atoms with van der Waals surface area (Å²) < 4.78 is 5.57. The molecule has 1 amide bonds. The molecule has 5 heteroatoms. The third-order valence-corrected chi connectivity index (χ3v) is 4.63. The largest absolute Gasteiger partial charge is 0.374 e. The lowest BCUT2D eigenvalue weighted by Crippen LogP contribution is -2.12. The Labute approximate surface area is 157 Å². The van der Waals surface area contributed by atoms with Crippen molar-refractivity contribution >= 4 is 22.9 Å². The predicted octanol–water partition coefficient (Wildman–Crippen LogP) is 5.30. The lowest BCUT2D eigenvalue weighted by Gasteiger charge is -2.09. The highest BCUT2D eigenvalue weighted by Gasteiger charge is 2.07. The van der Waals surface area contributed by atoms with E-state index >= 15 is 0 Å². The molecule has 0 fully saturated rings. The van der Waals surface area contributed by atoms with Gasteiger partial charge in [-0.1, -0.05) is 24.3 Å². The van der Waals surface area contributed by atoms with Gasteiger partial charge in [-0.05, 0) is 50.6 Å². The number of hydrogen-bond acceptors (Lipinski definition) is 4. The fourth-order valence-electron chi connectivity index (χ4n) is 2.44. The summed E-state index contributed by atoms with van der Waals surface area (Å²) in [6, 6.07) is 15.2.